The summed E-state index contributed by atoms with van der Waals surface area (Å²) < 4.78 is 13.1. The Morgan fingerprint density at radius 3 is 2.53 bits per heavy atom. The Morgan fingerprint density at radius 2 is 1.95 bits per heavy atom. The third kappa shape index (κ3) is 5.34. The van der Waals surface area contributed by atoms with Gasteiger partial charge in [-0.3, -0.25) is 9.69 Å². The Bertz CT molecular complexity index is 420. The molecule has 1 amide bonds. The molecule has 0 aliphatic heterocycles. The van der Waals surface area contributed by atoms with Gasteiger partial charge >= 0.3 is 0 Å². The van der Waals surface area contributed by atoms with Crippen molar-refractivity contribution in [3.63, 3.8) is 0 Å². The van der Waals surface area contributed by atoms with E-state index in [2.05, 4.69) is 5.32 Å². The van der Waals surface area contributed by atoms with Crippen LogP contribution in [0.25, 0.3) is 0 Å². The van der Waals surface area contributed by atoms with Crippen molar-refractivity contribution in [1.82, 2.24) is 4.90 Å². The molecule has 0 saturated heterocycles. The maximum Gasteiger partial charge on any atom is 0.238 e. The van der Waals surface area contributed by atoms with Crippen molar-refractivity contribution >= 4 is 11.6 Å². The van der Waals surface area contributed by atoms with Crippen LogP contribution in [0, 0.1) is 12.7 Å². The quantitative estimate of drug-likeness (QED) is 0.669. The molecule has 6 heteroatoms. The first-order valence-corrected chi connectivity index (χ1v) is 6.07. The molecule has 0 aliphatic carbocycles. The van der Waals surface area contributed by atoms with E-state index in [-0.39, 0.29) is 25.7 Å². The summed E-state index contributed by atoms with van der Waals surface area (Å²) in [6.07, 6.45) is 0. The van der Waals surface area contributed by atoms with Gasteiger partial charge in [0.05, 0.1) is 19.8 Å². The molecule has 0 heterocycles. The van der Waals surface area contributed by atoms with Gasteiger partial charge in [0.1, 0.15) is 5.82 Å². The van der Waals surface area contributed by atoms with Gasteiger partial charge in [0.25, 0.3) is 0 Å². The van der Waals surface area contributed by atoms with Crippen molar-refractivity contribution in [3.8, 4) is 0 Å². The molecule has 3 N–H and O–H groups in total. The van der Waals surface area contributed by atoms with Crippen LogP contribution in [0.1, 0.15) is 5.56 Å². The van der Waals surface area contributed by atoms with Gasteiger partial charge in [0, 0.05) is 18.8 Å². The summed E-state index contributed by atoms with van der Waals surface area (Å²) in [6, 6.07) is 4.18. The number of anilines is 1. The molecule has 1 aromatic carbocycles. The fourth-order valence-electron chi connectivity index (χ4n) is 1.67. The Balaban J connectivity index is 2.60. The minimum Gasteiger partial charge on any atom is -0.395 e. The number of rotatable bonds is 7. The number of amides is 1. The number of aliphatic hydroxyl groups is 2. The zero-order chi connectivity index (χ0) is 14.3. The maximum atomic E-state index is 13.1. The molecule has 5 nitrogen and oxygen atoms in total. The van der Waals surface area contributed by atoms with Crippen LogP contribution in [0.2, 0.25) is 0 Å². The fourth-order valence-corrected chi connectivity index (χ4v) is 1.67. The molecule has 0 saturated carbocycles. The fraction of sp³-hybridized carbons (Fsp3) is 0.462. The number of hydrogen-bond acceptors (Lipinski definition) is 4. The van der Waals surface area contributed by atoms with E-state index in [4.69, 9.17) is 10.2 Å². The molecular formula is C13H19FN2O3. The van der Waals surface area contributed by atoms with Crippen LogP contribution in [0.3, 0.4) is 0 Å². The molecule has 0 fully saturated rings. The highest BCUT2D eigenvalue weighted by molar-refractivity contribution is 5.92. The van der Waals surface area contributed by atoms with Crippen molar-refractivity contribution in [2.24, 2.45) is 0 Å². The number of nitrogens with one attached hydrogen (secondary N) is 1. The first-order valence-electron chi connectivity index (χ1n) is 6.07. The zero-order valence-corrected chi connectivity index (χ0v) is 10.9. The normalized spacial score (nSPS) is 10.8. The summed E-state index contributed by atoms with van der Waals surface area (Å²) in [5.74, 6) is -0.723. The van der Waals surface area contributed by atoms with Crippen LogP contribution in [-0.4, -0.2) is 53.9 Å². The highest BCUT2D eigenvalue weighted by Crippen LogP contribution is 2.15. The first kappa shape index (κ1) is 15.6. The second-order valence-electron chi connectivity index (χ2n) is 4.23. The van der Waals surface area contributed by atoms with Gasteiger partial charge in [-0.15, -0.1) is 0 Å². The van der Waals surface area contributed by atoms with E-state index in [0.29, 0.717) is 18.8 Å². The van der Waals surface area contributed by atoms with Crippen LogP contribution < -0.4 is 5.32 Å². The number of aliphatic hydroxyl groups excluding tert-OH is 2. The molecule has 0 atom stereocenters. The molecular weight excluding hydrogens is 251 g/mol. The number of carbonyl (C=O) groups excluding carboxylic acids is 1. The van der Waals surface area contributed by atoms with Crippen LogP contribution in [-0.2, 0) is 4.79 Å². The highest BCUT2D eigenvalue weighted by atomic mass is 19.1. The van der Waals surface area contributed by atoms with Crippen LogP contribution >= 0.6 is 0 Å². The van der Waals surface area contributed by atoms with Crippen LogP contribution in [0.5, 0.6) is 0 Å². The lowest BCUT2D eigenvalue weighted by Gasteiger charge is -2.19. The molecule has 0 bridgehead atoms. The van der Waals surface area contributed by atoms with Crippen LogP contribution in [0.15, 0.2) is 18.2 Å². The summed E-state index contributed by atoms with van der Waals surface area (Å²) in [5.41, 5.74) is 1.20. The Morgan fingerprint density at radius 1 is 1.32 bits per heavy atom. The first-order chi connectivity index (χ1) is 9.06. The van der Waals surface area contributed by atoms with E-state index in [1.54, 1.807) is 17.9 Å². The topological polar surface area (TPSA) is 72.8 Å². The molecule has 19 heavy (non-hydrogen) atoms. The predicted molar refractivity (Wildman–Crippen MR) is 70.4 cm³/mol. The molecule has 0 aliphatic rings. The lowest BCUT2D eigenvalue weighted by Crippen LogP contribution is -2.37. The average Bonchev–Trinajstić information content (AvgIpc) is 2.34. The Kier molecular flexibility index (Phi) is 6.41. The third-order valence-corrected chi connectivity index (χ3v) is 2.67. The van der Waals surface area contributed by atoms with Crippen LogP contribution in [0.4, 0.5) is 10.1 Å². The van der Waals surface area contributed by atoms with E-state index >= 15 is 0 Å². The minimum absolute atomic E-state index is 0.0388. The van der Waals surface area contributed by atoms with Crippen molar-refractivity contribution in [2.45, 2.75) is 6.92 Å². The van der Waals surface area contributed by atoms with E-state index in [0.717, 1.165) is 5.56 Å². The van der Waals surface area contributed by atoms with Crippen molar-refractivity contribution in [1.29, 1.82) is 0 Å². The summed E-state index contributed by atoms with van der Waals surface area (Å²) in [5, 5.41) is 20.3. The SMILES string of the molecule is Cc1ccc(F)cc1NC(=O)CN(CCO)CCO. The zero-order valence-electron chi connectivity index (χ0n) is 10.9. The number of aryl methyl sites for hydroxylation is 1. The second-order valence-corrected chi connectivity index (χ2v) is 4.23. The standard InChI is InChI=1S/C13H19FN2O3/c1-10-2-3-11(14)8-12(10)15-13(19)9-16(4-6-17)5-7-18/h2-3,8,17-18H,4-7,9H2,1H3,(H,15,19). The second kappa shape index (κ2) is 7.83. The van der Waals surface area contributed by atoms with Gasteiger partial charge in [0.2, 0.25) is 5.91 Å². The summed E-state index contributed by atoms with van der Waals surface area (Å²) in [6.45, 7) is 2.23. The average molecular weight is 270 g/mol. The van der Waals surface area contributed by atoms with E-state index < -0.39 is 5.82 Å². The molecule has 106 valence electrons. The smallest absolute Gasteiger partial charge is 0.238 e. The van der Waals surface area contributed by atoms with Gasteiger partial charge in [0.15, 0.2) is 0 Å². The Hall–Kier alpha value is -1.50. The summed E-state index contributed by atoms with van der Waals surface area (Å²) in [7, 11) is 0. The number of carbonyl (C=O) groups is 1. The molecule has 1 aromatic rings. The summed E-state index contributed by atoms with van der Waals surface area (Å²) >= 11 is 0. The lowest BCUT2D eigenvalue weighted by molar-refractivity contribution is -0.117. The van der Waals surface area contributed by atoms with Crippen molar-refractivity contribution in [2.75, 3.05) is 38.2 Å². The van der Waals surface area contributed by atoms with E-state index in [9.17, 15) is 9.18 Å². The van der Waals surface area contributed by atoms with Gasteiger partial charge in [-0.25, -0.2) is 4.39 Å². The third-order valence-electron chi connectivity index (χ3n) is 2.67. The maximum absolute atomic E-state index is 13.1. The Labute approximate surface area is 111 Å². The monoisotopic (exact) mass is 270 g/mol. The van der Waals surface area contributed by atoms with Gasteiger partial charge in [-0.1, -0.05) is 6.07 Å². The lowest BCUT2D eigenvalue weighted by atomic mass is 10.2. The van der Waals surface area contributed by atoms with E-state index in [1.807, 2.05) is 0 Å². The highest BCUT2D eigenvalue weighted by Gasteiger charge is 2.11. The molecule has 0 radical (unpaired) electrons. The van der Waals surface area contributed by atoms with Gasteiger partial charge in [-0.05, 0) is 24.6 Å². The minimum atomic E-state index is -0.413. The van der Waals surface area contributed by atoms with Crippen molar-refractivity contribution in [3.05, 3.63) is 29.6 Å². The van der Waals surface area contributed by atoms with E-state index in [1.165, 1.54) is 12.1 Å². The van der Waals surface area contributed by atoms with Crippen molar-refractivity contribution < 1.29 is 19.4 Å². The van der Waals surface area contributed by atoms with Gasteiger partial charge < -0.3 is 15.5 Å². The predicted octanol–water partition coefficient (Wildman–Crippen LogP) is 0.359. The van der Waals surface area contributed by atoms with Gasteiger partial charge in [-0.2, -0.15) is 0 Å². The number of halogens is 1. The molecule has 0 spiro atoms. The molecule has 0 aromatic heterocycles. The number of hydrogen-bond donors (Lipinski definition) is 3. The number of benzene rings is 1. The molecule has 1 rings (SSSR count). The largest absolute Gasteiger partial charge is 0.395 e. The molecule has 0 unspecified atom stereocenters. The summed E-state index contributed by atoms with van der Waals surface area (Å²) in [4.78, 5) is 13.4. The number of nitrogens with zero attached hydrogens (tertiary/aromatic N) is 1.